The van der Waals surface area contributed by atoms with E-state index in [1.165, 1.54) is 19.2 Å². The van der Waals surface area contributed by atoms with Crippen LogP contribution in [-0.4, -0.2) is 76.1 Å². The van der Waals surface area contributed by atoms with E-state index in [4.69, 9.17) is 4.74 Å². The first-order valence-electron chi connectivity index (χ1n) is 11.8. The molecule has 0 atom stereocenters. The molecule has 1 amide bonds. The number of rotatable bonds is 4. The van der Waals surface area contributed by atoms with Crippen LogP contribution in [0.1, 0.15) is 33.3 Å². The lowest BCUT2D eigenvalue weighted by Crippen LogP contribution is -2.50. The van der Waals surface area contributed by atoms with Gasteiger partial charge in [-0.05, 0) is 39.0 Å². The number of carbonyl (C=O) groups excluding carboxylic acids is 1. The van der Waals surface area contributed by atoms with Crippen molar-refractivity contribution in [2.24, 2.45) is 0 Å². The van der Waals surface area contributed by atoms with Gasteiger partial charge in [0.15, 0.2) is 21.3 Å². The standard InChI is InChI=1S/C23H27F3N6O5S/c1-5-38(35,36)17-12-16(29-8-10-30(11-9-29)21(34)37-22(2,3)4)13-27-19(17)32-20(33)31-14-15(23(24,25)26)6-7-18(31)28-32/h6-7,12-14H,5,8-11H2,1-4H3. The van der Waals surface area contributed by atoms with Crippen molar-refractivity contribution in [3.8, 4) is 5.82 Å². The molecule has 0 N–H and O–H groups in total. The van der Waals surface area contributed by atoms with Crippen LogP contribution in [0.4, 0.5) is 23.7 Å². The number of nitrogens with zero attached hydrogens (tertiary/aromatic N) is 6. The van der Waals surface area contributed by atoms with Gasteiger partial charge in [0, 0.05) is 32.4 Å². The van der Waals surface area contributed by atoms with Gasteiger partial charge in [-0.15, -0.1) is 5.10 Å². The zero-order valence-corrected chi connectivity index (χ0v) is 22.0. The highest BCUT2D eigenvalue weighted by atomic mass is 32.2. The fourth-order valence-corrected chi connectivity index (χ4v) is 4.93. The van der Waals surface area contributed by atoms with E-state index in [9.17, 15) is 31.2 Å². The second kappa shape index (κ2) is 9.60. The van der Waals surface area contributed by atoms with Gasteiger partial charge in [-0.2, -0.15) is 17.9 Å². The van der Waals surface area contributed by atoms with Crippen LogP contribution in [0.15, 0.2) is 40.3 Å². The third-order valence-electron chi connectivity index (χ3n) is 5.87. The smallest absolute Gasteiger partial charge is 0.417 e. The van der Waals surface area contributed by atoms with Crippen molar-refractivity contribution >= 4 is 27.3 Å². The number of anilines is 1. The molecule has 0 aromatic carbocycles. The number of aromatic nitrogens is 4. The number of hydrogen-bond acceptors (Lipinski definition) is 8. The highest BCUT2D eigenvalue weighted by molar-refractivity contribution is 7.91. The lowest BCUT2D eigenvalue weighted by molar-refractivity contribution is -0.137. The molecule has 0 bridgehead atoms. The highest BCUT2D eigenvalue weighted by Gasteiger charge is 2.32. The quantitative estimate of drug-likeness (QED) is 0.481. The minimum atomic E-state index is -4.68. The Morgan fingerprint density at radius 2 is 1.76 bits per heavy atom. The van der Waals surface area contributed by atoms with E-state index in [-0.39, 0.29) is 22.1 Å². The van der Waals surface area contributed by atoms with Gasteiger partial charge >= 0.3 is 18.0 Å². The minimum Gasteiger partial charge on any atom is -0.444 e. The van der Waals surface area contributed by atoms with Gasteiger partial charge in [0.05, 0.1) is 23.2 Å². The third kappa shape index (κ3) is 5.47. The maximum Gasteiger partial charge on any atom is 0.417 e. The first-order chi connectivity index (χ1) is 17.6. The van der Waals surface area contributed by atoms with Crippen LogP contribution in [0.3, 0.4) is 0 Å². The van der Waals surface area contributed by atoms with Gasteiger partial charge in [0.25, 0.3) is 0 Å². The van der Waals surface area contributed by atoms with Crippen LogP contribution in [0.25, 0.3) is 11.5 Å². The number of halogens is 3. The Hall–Kier alpha value is -3.62. The summed E-state index contributed by atoms with van der Waals surface area (Å²) in [5, 5.41) is 4.02. The molecule has 4 rings (SSSR count). The number of fused-ring (bicyclic) bond motifs is 1. The van der Waals surface area contributed by atoms with E-state index >= 15 is 0 Å². The second-order valence-corrected chi connectivity index (χ2v) is 12.0. The van der Waals surface area contributed by atoms with Crippen LogP contribution in [0, 0.1) is 0 Å². The zero-order chi connectivity index (χ0) is 28.0. The molecule has 38 heavy (non-hydrogen) atoms. The summed E-state index contributed by atoms with van der Waals surface area (Å²) in [6, 6.07) is 3.17. The van der Waals surface area contributed by atoms with Crippen molar-refractivity contribution in [3.05, 3.63) is 46.6 Å². The van der Waals surface area contributed by atoms with E-state index in [0.717, 1.165) is 12.1 Å². The number of sulfone groups is 1. The molecule has 11 nitrogen and oxygen atoms in total. The van der Waals surface area contributed by atoms with Crippen LogP contribution in [0.5, 0.6) is 0 Å². The van der Waals surface area contributed by atoms with Crippen LogP contribution < -0.4 is 10.6 Å². The zero-order valence-electron chi connectivity index (χ0n) is 21.2. The lowest BCUT2D eigenvalue weighted by Gasteiger charge is -2.36. The first kappa shape index (κ1) is 27.4. The molecule has 0 saturated carbocycles. The molecule has 3 aromatic rings. The highest BCUT2D eigenvalue weighted by Crippen LogP contribution is 2.29. The normalized spacial score (nSPS) is 15.2. The predicted molar refractivity (Wildman–Crippen MR) is 131 cm³/mol. The van der Waals surface area contributed by atoms with Crippen molar-refractivity contribution in [3.63, 3.8) is 0 Å². The number of amides is 1. The summed E-state index contributed by atoms with van der Waals surface area (Å²) in [5.74, 6) is -0.622. The molecule has 1 fully saturated rings. The van der Waals surface area contributed by atoms with E-state index in [2.05, 4.69) is 10.1 Å². The molecule has 1 saturated heterocycles. The van der Waals surface area contributed by atoms with Crippen molar-refractivity contribution in [2.45, 2.75) is 44.4 Å². The molecular weight excluding hydrogens is 529 g/mol. The average Bonchev–Trinajstić information content (AvgIpc) is 3.18. The summed E-state index contributed by atoms with van der Waals surface area (Å²) in [6.07, 6.45) is -3.15. The van der Waals surface area contributed by atoms with E-state index < -0.39 is 39.0 Å². The van der Waals surface area contributed by atoms with Crippen molar-refractivity contribution in [2.75, 3.05) is 36.8 Å². The van der Waals surface area contributed by atoms with E-state index in [1.54, 1.807) is 25.7 Å². The Kier molecular flexibility index (Phi) is 6.93. The van der Waals surface area contributed by atoms with E-state index in [1.807, 2.05) is 4.90 Å². The Labute approximate surface area is 216 Å². The number of ether oxygens (including phenoxy) is 1. The third-order valence-corrected chi connectivity index (χ3v) is 7.61. The van der Waals surface area contributed by atoms with Gasteiger partial charge < -0.3 is 14.5 Å². The Bertz CT molecular complexity index is 1530. The SMILES string of the molecule is CCS(=O)(=O)c1cc(N2CCN(C(=O)OC(C)(C)C)CC2)cnc1-n1nc2ccc(C(F)(F)F)cn2c1=O. The molecule has 1 aliphatic heterocycles. The first-order valence-corrected chi connectivity index (χ1v) is 13.4. The summed E-state index contributed by atoms with van der Waals surface area (Å²) in [5.41, 5.74) is -2.35. The molecule has 0 unspecified atom stereocenters. The second-order valence-electron chi connectivity index (χ2n) is 9.71. The van der Waals surface area contributed by atoms with Crippen LogP contribution in [0.2, 0.25) is 0 Å². The Morgan fingerprint density at radius 1 is 1.11 bits per heavy atom. The van der Waals surface area contributed by atoms with Gasteiger partial charge in [-0.25, -0.2) is 27.4 Å². The number of piperazine rings is 1. The topological polar surface area (TPSA) is 119 Å². The number of alkyl halides is 3. The fraction of sp³-hybridized carbons (Fsp3) is 0.478. The molecule has 0 radical (unpaired) electrons. The summed E-state index contributed by atoms with van der Waals surface area (Å²) in [4.78, 5) is 32.6. The van der Waals surface area contributed by atoms with E-state index in [0.29, 0.717) is 47.1 Å². The average molecular weight is 557 g/mol. The molecule has 0 spiro atoms. The maximum atomic E-state index is 13.1. The maximum absolute atomic E-state index is 13.1. The fourth-order valence-electron chi connectivity index (χ4n) is 3.90. The predicted octanol–water partition coefficient (Wildman–Crippen LogP) is 2.75. The van der Waals surface area contributed by atoms with Crippen molar-refractivity contribution in [1.82, 2.24) is 24.1 Å². The monoisotopic (exact) mass is 556 g/mol. The van der Waals surface area contributed by atoms with Gasteiger partial charge in [-0.3, -0.25) is 0 Å². The minimum absolute atomic E-state index is 0.105. The van der Waals surface area contributed by atoms with Crippen molar-refractivity contribution < 1.29 is 31.1 Å². The lowest BCUT2D eigenvalue weighted by atomic mass is 10.2. The van der Waals surface area contributed by atoms with Gasteiger partial charge in [-0.1, -0.05) is 6.92 Å². The Balaban J connectivity index is 1.69. The molecular formula is C23H27F3N6O5S. The number of hydrogen-bond donors (Lipinski definition) is 0. The van der Waals surface area contributed by atoms with Crippen LogP contribution >= 0.6 is 0 Å². The number of pyridine rings is 2. The molecule has 206 valence electrons. The molecule has 4 heterocycles. The molecule has 0 aliphatic carbocycles. The summed E-state index contributed by atoms with van der Waals surface area (Å²) in [6.45, 7) is 8.16. The molecule has 3 aromatic heterocycles. The van der Waals surface area contributed by atoms with Gasteiger partial charge in [0.1, 0.15) is 10.5 Å². The van der Waals surface area contributed by atoms with Gasteiger partial charge in [0.2, 0.25) is 0 Å². The molecule has 1 aliphatic rings. The van der Waals surface area contributed by atoms with Crippen LogP contribution in [-0.2, 0) is 20.8 Å². The Morgan fingerprint density at radius 3 is 2.34 bits per heavy atom. The summed E-state index contributed by atoms with van der Waals surface area (Å²) in [7, 11) is -3.93. The summed E-state index contributed by atoms with van der Waals surface area (Å²) < 4.78 is 72.2. The number of carbonyl (C=O) groups is 1. The largest absolute Gasteiger partial charge is 0.444 e. The van der Waals surface area contributed by atoms with Crippen molar-refractivity contribution in [1.29, 1.82) is 0 Å². The molecule has 15 heteroatoms. The summed E-state index contributed by atoms with van der Waals surface area (Å²) >= 11 is 0.